The Balaban J connectivity index is 0.000000106. The van der Waals surface area contributed by atoms with E-state index in [1.807, 2.05) is 83.8 Å². The summed E-state index contributed by atoms with van der Waals surface area (Å²) in [5, 5.41) is 9.75. The number of ether oxygens (including phenoxy) is 3. The molecule has 0 aliphatic carbocycles. The minimum absolute atomic E-state index is 0.258. The largest absolute Gasteiger partial charge is 0.212 e. The molecule has 138 heavy (non-hydrogen) atoms. The van der Waals surface area contributed by atoms with E-state index in [0.29, 0.717) is 0 Å². The smallest absolute Gasteiger partial charge is 0.201 e. The summed E-state index contributed by atoms with van der Waals surface area (Å²) in [5.41, 5.74) is 23.3. The second-order valence-electron chi connectivity index (χ2n) is 37.5. The maximum Gasteiger partial charge on any atom is 0.212 e. The van der Waals surface area contributed by atoms with Crippen molar-refractivity contribution >= 4 is 138 Å². The molecule has 0 spiro atoms. The van der Waals surface area contributed by atoms with E-state index in [9.17, 15) is 0 Å². The van der Waals surface area contributed by atoms with Crippen molar-refractivity contribution in [3.8, 4) is 102 Å². The summed E-state index contributed by atoms with van der Waals surface area (Å²) >= 11 is 9.54. The molecule has 6 aromatic heterocycles. The molecule has 18 heteroatoms. The van der Waals surface area contributed by atoms with Crippen LogP contribution in [0, 0.1) is 41.5 Å². The first-order valence-corrected chi connectivity index (χ1v) is 61.7. The summed E-state index contributed by atoms with van der Waals surface area (Å²) in [7, 11) is 7.52. The van der Waals surface area contributed by atoms with Crippen LogP contribution in [-0.4, -0.2) is 39.2 Å². The van der Waals surface area contributed by atoms with Crippen molar-refractivity contribution in [2.45, 2.75) is 130 Å². The molecular weight excluding hydrogens is 1900 g/mol. The molecule has 0 bridgehead atoms. The van der Waals surface area contributed by atoms with Gasteiger partial charge in [-0.25, -0.2) is 22.8 Å². The number of hydrogen-bond acceptors (Lipinski definition) is 8. The zero-order valence-electron chi connectivity index (χ0n) is 81.5. The number of fused-ring (bicyclic) bond motifs is 12. The second kappa shape index (κ2) is 40.0. The Hall–Kier alpha value is -12.1. The van der Waals surface area contributed by atoms with E-state index in [1.165, 1.54) is 153 Å². The Kier molecular flexibility index (Phi) is 27.5. The van der Waals surface area contributed by atoms with Gasteiger partial charge in [0.1, 0.15) is 76.7 Å². The molecule has 12 aromatic carbocycles. The van der Waals surface area contributed by atoms with Crippen LogP contribution in [0.1, 0.15) is 33.4 Å². The zero-order chi connectivity index (χ0) is 96.0. The minimum Gasteiger partial charge on any atom is -0.201 e. The number of rotatable bonds is 6. The van der Waals surface area contributed by atoms with E-state index in [2.05, 4.69) is 467 Å². The quantitative estimate of drug-likeness (QED) is 0.121. The average molecular weight is 2010 g/mol. The number of nitrogens with zero attached hydrogens (tertiary/aromatic N) is 6. The Bertz CT molecular complexity index is 7230. The number of hydrogen-bond donors (Lipinski definition) is 0. The van der Waals surface area contributed by atoms with Crippen molar-refractivity contribution in [2.24, 2.45) is 42.3 Å². The van der Waals surface area contributed by atoms with Gasteiger partial charge in [-0.05, 0) is 169 Å². The topological polar surface area (TPSA) is 51.0 Å². The van der Waals surface area contributed by atoms with Gasteiger partial charge in [0.05, 0.1) is 41.8 Å². The maximum absolute atomic E-state index is 6.26. The Morgan fingerprint density at radius 1 is 0.217 bits per heavy atom. The normalized spacial score (nSPS) is 13.6. The molecule has 0 amide bonds. The van der Waals surface area contributed by atoms with E-state index in [0.717, 1.165) is 40.2 Å². The Labute approximate surface area is 844 Å². The fourth-order valence-corrected chi connectivity index (χ4v) is 42.1. The molecular formula is C120H114N6O3S5SeSi3+6. The fourth-order valence-electron chi connectivity index (χ4n) is 19.7. The van der Waals surface area contributed by atoms with Crippen molar-refractivity contribution in [3.05, 3.63) is 398 Å². The van der Waals surface area contributed by atoms with Gasteiger partial charge in [-0.2, -0.15) is 0 Å². The number of benzene rings is 12. The summed E-state index contributed by atoms with van der Waals surface area (Å²) < 4.78 is 34.4. The molecule has 0 saturated carbocycles. The molecule has 9 nitrogen and oxygen atoms in total. The van der Waals surface area contributed by atoms with Crippen molar-refractivity contribution in [1.29, 1.82) is 0 Å². The maximum atomic E-state index is 6.26. The first kappa shape index (κ1) is 94.8. The summed E-state index contributed by atoms with van der Waals surface area (Å²) in [6, 6.07) is 117. The van der Waals surface area contributed by atoms with Gasteiger partial charge in [-0.3, -0.25) is 0 Å². The molecule has 0 atom stereocenters. The first-order valence-electron chi connectivity index (χ1n) is 46.9. The van der Waals surface area contributed by atoms with Gasteiger partial charge in [0.2, 0.25) is 28.5 Å². The molecule has 18 aromatic rings. The van der Waals surface area contributed by atoms with Crippen molar-refractivity contribution in [2.75, 3.05) is 0 Å². The van der Waals surface area contributed by atoms with Crippen molar-refractivity contribution < 1.29 is 41.6 Å². The van der Waals surface area contributed by atoms with E-state index in [-0.39, 0.29) is 15.0 Å². The van der Waals surface area contributed by atoms with Gasteiger partial charge in [-0.15, -0.1) is 0 Å². The standard InChI is InChI=1S/C23H28NSi2.C21H22NSSi.2C19H16NOS.C19H16NOSe.C19H16NS2/c1-17-14-15-21-23(22(17)18-11-9-10-16-24(18)2)26(5,6)20-13-8-7-12-19(20)25(21,3)4;1-15-12-13-19-21(20(15)16-9-7-8-14-22(16)2)23-17-10-5-6-11-18(17)24(19,3)4;1-13-10-11-16-19(18(13)14-7-5-6-12-20(14)2)22-17-9-4-3-8-15(17)21-16;1-13-10-11-17-19(18(13)14-7-5-6-12-20(14)2)21-15-8-3-4-9-16(15)22-17;1-13-10-11-16-19(18(13)14-7-5-6-12-20(14)2)22-17-9-4-3-8-15(17)21-16;1-13-10-11-17-19(18(13)14-7-5-6-12-20(14)2)22-16-9-4-3-8-15(16)21-17/h7-16H,1-6H3;5-14H,1-4H3;4*3-12H,1-2H3/q6*+1. The monoisotopic (exact) mass is 2010 g/mol. The molecule has 6 aliphatic heterocycles. The van der Waals surface area contributed by atoms with Gasteiger partial charge in [0.25, 0.3) is 0 Å². The number of aromatic nitrogens is 6. The van der Waals surface area contributed by atoms with Crippen LogP contribution in [0.5, 0.6) is 34.5 Å². The minimum atomic E-state index is -1.78. The van der Waals surface area contributed by atoms with E-state index in [1.54, 1.807) is 54.6 Å². The molecule has 0 unspecified atom stereocenters. The molecule has 0 fully saturated rings. The predicted molar refractivity (Wildman–Crippen MR) is 582 cm³/mol. The Morgan fingerprint density at radius 2 is 0.551 bits per heavy atom. The van der Waals surface area contributed by atoms with E-state index in [4.69, 9.17) is 14.2 Å². The SMILES string of the molecule is Cc1ccc2c(c1-c1cccc[n+]1C)Oc1ccccc1S2.Cc1ccc2c(c1-c1cccc[n+]1C)Sc1ccccc1O2.Cc1ccc2c(c1-c1cccc[n+]1C)Sc1ccccc1S2.Cc1ccc2c(c1-c1cccc[n+]1C)Sc1ccccc1[Si]2(C)C.Cc1ccc2c(c1-c1cccc[n+]1C)[Se]c1ccccc1O2.Cc1ccc2c(c1-c1cccc[n+]1C)[Si](C)(C)c1ccccc1[Si]2(C)C. The van der Waals surface area contributed by atoms with Gasteiger partial charge in [-0.1, -0.05) is 235 Å². The third kappa shape index (κ3) is 18.5. The van der Waals surface area contributed by atoms with Crippen LogP contribution in [0.25, 0.3) is 67.5 Å². The number of aryl methyl sites for hydroxylation is 12. The Morgan fingerprint density at radius 3 is 1.09 bits per heavy atom. The first-order chi connectivity index (χ1) is 66.7. The molecule has 12 heterocycles. The molecule has 684 valence electrons. The van der Waals surface area contributed by atoms with Gasteiger partial charge in [0, 0.05) is 95.6 Å². The molecule has 0 saturated heterocycles. The van der Waals surface area contributed by atoms with Crippen LogP contribution in [-0.2, 0) is 42.3 Å². The van der Waals surface area contributed by atoms with Crippen LogP contribution in [0.2, 0.25) is 39.3 Å². The van der Waals surface area contributed by atoms with Crippen molar-refractivity contribution in [3.63, 3.8) is 0 Å². The van der Waals surface area contributed by atoms with Gasteiger partial charge >= 0.3 is 136 Å². The van der Waals surface area contributed by atoms with Crippen LogP contribution < -0.4 is 81.7 Å². The summed E-state index contributed by atoms with van der Waals surface area (Å²) in [5.74, 6) is 5.78. The molecule has 0 N–H and O–H groups in total. The fraction of sp³-hybridized carbons (Fsp3) is 0.150. The van der Waals surface area contributed by atoms with Crippen LogP contribution in [0.3, 0.4) is 0 Å². The van der Waals surface area contributed by atoms with Gasteiger partial charge in [0.15, 0.2) is 36.7 Å². The molecule has 24 rings (SSSR count). The average Bonchev–Trinajstić information content (AvgIpc) is 0.701. The molecule has 6 aliphatic rings. The van der Waals surface area contributed by atoms with Gasteiger partial charge < -0.3 is 9.47 Å². The molecule has 0 radical (unpaired) electrons. The van der Waals surface area contributed by atoms with E-state index < -0.39 is 24.2 Å². The van der Waals surface area contributed by atoms with Crippen LogP contribution in [0.15, 0.2) is 414 Å². The number of pyridine rings is 6. The van der Waals surface area contributed by atoms with Crippen LogP contribution in [0.4, 0.5) is 0 Å². The summed E-state index contributed by atoms with van der Waals surface area (Å²) in [6.07, 6.45) is 12.7. The third-order valence-corrected chi connectivity index (χ3v) is 47.1. The predicted octanol–water partition coefficient (Wildman–Crippen LogP) is 23.1. The number of para-hydroxylation sites is 3. The summed E-state index contributed by atoms with van der Waals surface area (Å²) in [4.78, 5) is 13.0. The third-order valence-electron chi connectivity index (χ3n) is 27.1. The zero-order valence-corrected chi connectivity index (χ0v) is 90.3. The summed E-state index contributed by atoms with van der Waals surface area (Å²) in [6.45, 7) is 28.3. The second-order valence-corrected chi connectivity index (χ2v) is 57.9. The van der Waals surface area contributed by atoms with E-state index >= 15 is 0 Å². The van der Waals surface area contributed by atoms with Crippen LogP contribution >= 0.6 is 58.8 Å². The van der Waals surface area contributed by atoms with Crippen molar-refractivity contribution in [1.82, 2.24) is 0 Å².